The molecule has 3 aromatic heterocycles. The fraction of sp³-hybridized carbons (Fsp3) is 0.438. The molecule has 0 unspecified atom stereocenters. The maximum Gasteiger partial charge on any atom is 0.419 e. The number of nitrogen functional groups attached to an aromatic ring is 1. The number of rotatable bonds is 3. The van der Waals surface area contributed by atoms with Crippen LogP contribution in [0.3, 0.4) is 0 Å². The Kier molecular flexibility index (Phi) is 4.42. The highest BCUT2D eigenvalue weighted by molar-refractivity contribution is 7.20. The maximum atomic E-state index is 13.0. The molecule has 4 heterocycles. The van der Waals surface area contributed by atoms with Crippen molar-refractivity contribution in [2.45, 2.75) is 25.1 Å². The number of pyridine rings is 1. The smallest absolute Gasteiger partial charge is 0.383 e. The van der Waals surface area contributed by atoms with Gasteiger partial charge in [-0.1, -0.05) is 11.3 Å². The summed E-state index contributed by atoms with van der Waals surface area (Å²) in [4.78, 5) is 10.8. The van der Waals surface area contributed by atoms with Gasteiger partial charge < -0.3 is 16.0 Å². The zero-order valence-corrected chi connectivity index (χ0v) is 15.3. The second-order valence-electron chi connectivity index (χ2n) is 6.48. The maximum absolute atomic E-state index is 13.0. The van der Waals surface area contributed by atoms with Crippen molar-refractivity contribution in [3.63, 3.8) is 0 Å². The van der Waals surface area contributed by atoms with E-state index in [0.29, 0.717) is 16.7 Å². The predicted molar refractivity (Wildman–Crippen MR) is 97.8 cm³/mol. The molecule has 0 aromatic carbocycles. The molecule has 1 aliphatic heterocycles. The van der Waals surface area contributed by atoms with E-state index < -0.39 is 17.6 Å². The summed E-state index contributed by atoms with van der Waals surface area (Å²) in [5.41, 5.74) is 5.02. The first-order valence-corrected chi connectivity index (χ1v) is 9.27. The Bertz CT molecular complexity index is 927. The van der Waals surface area contributed by atoms with Crippen LogP contribution < -0.4 is 16.0 Å². The highest BCUT2D eigenvalue weighted by atomic mass is 32.1. The van der Waals surface area contributed by atoms with E-state index in [1.165, 1.54) is 17.5 Å². The van der Waals surface area contributed by atoms with E-state index in [2.05, 4.69) is 25.3 Å². The summed E-state index contributed by atoms with van der Waals surface area (Å²) in [7, 11) is 2.01. The Morgan fingerprint density at radius 1 is 1.33 bits per heavy atom. The Balaban J connectivity index is 1.63. The SMILES string of the molecule is CN(c1nn2cc(-c3cnc(N)c(C(F)(F)F)c3)nc2s1)C1CCNCC1. The lowest BCUT2D eigenvalue weighted by Crippen LogP contribution is -2.41. The van der Waals surface area contributed by atoms with Crippen molar-refractivity contribution in [2.24, 2.45) is 0 Å². The van der Waals surface area contributed by atoms with E-state index in [1.54, 1.807) is 10.7 Å². The van der Waals surface area contributed by atoms with Gasteiger partial charge >= 0.3 is 6.18 Å². The van der Waals surface area contributed by atoms with E-state index in [9.17, 15) is 13.2 Å². The number of halogens is 3. The molecule has 27 heavy (non-hydrogen) atoms. The van der Waals surface area contributed by atoms with Gasteiger partial charge in [-0.05, 0) is 32.0 Å². The van der Waals surface area contributed by atoms with Crippen molar-refractivity contribution < 1.29 is 13.2 Å². The van der Waals surface area contributed by atoms with Crippen molar-refractivity contribution in [1.29, 1.82) is 0 Å². The monoisotopic (exact) mass is 397 g/mol. The molecule has 0 aliphatic carbocycles. The second-order valence-corrected chi connectivity index (χ2v) is 7.42. The number of anilines is 2. The number of nitrogens with two attached hydrogens (primary N) is 1. The van der Waals surface area contributed by atoms with Gasteiger partial charge in [0, 0.05) is 24.8 Å². The topological polar surface area (TPSA) is 84.4 Å². The molecule has 1 fully saturated rings. The molecule has 3 N–H and O–H groups in total. The molecule has 1 saturated heterocycles. The fourth-order valence-electron chi connectivity index (χ4n) is 3.16. The third kappa shape index (κ3) is 3.44. The number of alkyl halides is 3. The standard InChI is InChI=1S/C16H18F3N7S/c1-25(10-2-4-21-5-3-10)15-24-26-8-12(23-14(26)27-15)9-6-11(16(17,18)19)13(20)22-7-9/h6-8,10,21H,2-5H2,1H3,(H2,20,22). The molecular formula is C16H18F3N7S. The highest BCUT2D eigenvalue weighted by Gasteiger charge is 2.34. The summed E-state index contributed by atoms with van der Waals surface area (Å²) in [6.07, 6.45) is 0.424. The Morgan fingerprint density at radius 3 is 2.74 bits per heavy atom. The summed E-state index contributed by atoms with van der Waals surface area (Å²) in [5.74, 6) is -0.545. The Morgan fingerprint density at radius 2 is 2.07 bits per heavy atom. The Hall–Kier alpha value is -2.40. The lowest BCUT2D eigenvalue weighted by molar-refractivity contribution is -0.137. The molecular weight excluding hydrogens is 379 g/mol. The number of hydrogen-bond donors (Lipinski definition) is 2. The zero-order valence-electron chi connectivity index (χ0n) is 14.5. The predicted octanol–water partition coefficient (Wildman–Crippen LogP) is 2.64. The molecule has 0 radical (unpaired) electrons. The van der Waals surface area contributed by atoms with Gasteiger partial charge in [0.05, 0.1) is 17.5 Å². The number of fused-ring (bicyclic) bond motifs is 1. The van der Waals surface area contributed by atoms with E-state index in [1.807, 2.05) is 7.05 Å². The van der Waals surface area contributed by atoms with E-state index in [0.717, 1.165) is 37.1 Å². The quantitative estimate of drug-likeness (QED) is 0.707. The van der Waals surface area contributed by atoms with E-state index in [4.69, 9.17) is 5.73 Å². The van der Waals surface area contributed by atoms with Crippen LogP contribution in [0, 0.1) is 0 Å². The van der Waals surface area contributed by atoms with Crippen molar-refractivity contribution in [3.8, 4) is 11.3 Å². The van der Waals surface area contributed by atoms with Gasteiger partial charge in [0.2, 0.25) is 10.1 Å². The summed E-state index contributed by atoms with van der Waals surface area (Å²) < 4.78 is 40.7. The number of aromatic nitrogens is 4. The third-order valence-corrected chi connectivity index (χ3v) is 5.72. The zero-order chi connectivity index (χ0) is 19.2. The van der Waals surface area contributed by atoms with Crippen molar-refractivity contribution >= 4 is 27.2 Å². The third-order valence-electron chi connectivity index (χ3n) is 4.71. The van der Waals surface area contributed by atoms with E-state index in [-0.39, 0.29) is 5.56 Å². The minimum atomic E-state index is -4.56. The van der Waals surface area contributed by atoms with Crippen LogP contribution >= 0.6 is 11.3 Å². The first-order valence-electron chi connectivity index (χ1n) is 8.46. The number of imidazole rings is 1. The van der Waals surface area contributed by atoms with Gasteiger partial charge in [0.15, 0.2) is 0 Å². The average molecular weight is 397 g/mol. The molecule has 7 nitrogen and oxygen atoms in total. The van der Waals surface area contributed by atoms with Crippen molar-refractivity contribution in [2.75, 3.05) is 30.8 Å². The van der Waals surface area contributed by atoms with Gasteiger partial charge in [-0.3, -0.25) is 0 Å². The average Bonchev–Trinajstić information content (AvgIpc) is 3.20. The molecule has 0 saturated carbocycles. The van der Waals surface area contributed by atoms with Crippen LogP contribution in [-0.4, -0.2) is 45.8 Å². The fourth-order valence-corrected chi connectivity index (χ4v) is 4.08. The van der Waals surface area contributed by atoms with Gasteiger partial charge in [-0.15, -0.1) is 5.10 Å². The lowest BCUT2D eigenvalue weighted by Gasteiger charge is -2.30. The molecule has 11 heteroatoms. The largest absolute Gasteiger partial charge is 0.419 e. The first kappa shape index (κ1) is 18.0. The van der Waals surface area contributed by atoms with Crippen LogP contribution in [0.15, 0.2) is 18.5 Å². The molecule has 0 bridgehead atoms. The van der Waals surface area contributed by atoms with Crippen LogP contribution in [0.2, 0.25) is 0 Å². The Labute approximate surface area is 157 Å². The summed E-state index contributed by atoms with van der Waals surface area (Å²) in [6.45, 7) is 1.96. The minimum absolute atomic E-state index is 0.252. The van der Waals surface area contributed by atoms with E-state index >= 15 is 0 Å². The highest BCUT2D eigenvalue weighted by Crippen LogP contribution is 2.35. The van der Waals surface area contributed by atoms with Crippen LogP contribution in [0.4, 0.5) is 24.1 Å². The van der Waals surface area contributed by atoms with Crippen LogP contribution in [0.25, 0.3) is 16.2 Å². The normalized spacial score (nSPS) is 16.1. The van der Waals surface area contributed by atoms with Crippen LogP contribution in [0.5, 0.6) is 0 Å². The minimum Gasteiger partial charge on any atom is -0.383 e. The lowest BCUT2D eigenvalue weighted by atomic mass is 10.1. The van der Waals surface area contributed by atoms with Gasteiger partial charge in [0.25, 0.3) is 0 Å². The van der Waals surface area contributed by atoms with Gasteiger partial charge in [-0.2, -0.15) is 13.2 Å². The number of piperidine rings is 1. The number of hydrogen-bond acceptors (Lipinski definition) is 7. The van der Waals surface area contributed by atoms with Crippen molar-refractivity contribution in [1.82, 2.24) is 24.9 Å². The van der Waals surface area contributed by atoms with Crippen molar-refractivity contribution in [3.05, 3.63) is 24.0 Å². The number of nitrogens with one attached hydrogen (secondary N) is 1. The molecule has 0 spiro atoms. The van der Waals surface area contributed by atoms with Crippen LogP contribution in [-0.2, 0) is 6.18 Å². The second kappa shape index (κ2) is 6.64. The summed E-state index contributed by atoms with van der Waals surface area (Å²) in [6, 6.07) is 1.38. The molecule has 1 aliphatic rings. The summed E-state index contributed by atoms with van der Waals surface area (Å²) in [5, 5.41) is 8.70. The number of nitrogens with zero attached hydrogens (tertiary/aromatic N) is 5. The molecule has 4 rings (SSSR count). The first-order chi connectivity index (χ1) is 12.8. The molecule has 3 aromatic rings. The molecule has 144 valence electrons. The van der Waals surface area contributed by atoms with Gasteiger partial charge in [-0.25, -0.2) is 14.5 Å². The van der Waals surface area contributed by atoms with Gasteiger partial charge in [0.1, 0.15) is 5.82 Å². The summed E-state index contributed by atoms with van der Waals surface area (Å²) >= 11 is 1.41. The molecule has 0 atom stereocenters. The molecule has 0 amide bonds. The van der Waals surface area contributed by atoms with Crippen LogP contribution in [0.1, 0.15) is 18.4 Å².